The number of carboxylic acid groups (broad SMARTS) is 2. The third-order valence-electron chi connectivity index (χ3n) is 9.75. The Morgan fingerprint density at radius 2 is 1.47 bits per heavy atom. The molecule has 4 aromatic rings. The highest BCUT2D eigenvalue weighted by Crippen LogP contribution is 2.38. The zero-order valence-electron chi connectivity index (χ0n) is 44.0. The second-order valence-electron chi connectivity index (χ2n) is 16.6. The molecule has 2 heterocycles. The monoisotopic (exact) mass is 1280 g/mol. The second-order valence-corrected chi connectivity index (χ2v) is 23.9. The normalized spacial score (nSPS) is 13.7. The molecule has 0 saturated heterocycles. The minimum absolute atomic E-state index is 0.0715. The second kappa shape index (κ2) is 33.1. The molecule has 0 bridgehead atoms. The molecule has 0 spiro atoms. The maximum atomic E-state index is 12.7. The van der Waals surface area contributed by atoms with E-state index < -0.39 is 78.3 Å². The number of halogens is 7. The number of aromatic nitrogens is 3. The van der Waals surface area contributed by atoms with Crippen molar-refractivity contribution in [1.82, 2.24) is 25.0 Å². The van der Waals surface area contributed by atoms with Crippen molar-refractivity contribution in [3.63, 3.8) is 0 Å². The van der Waals surface area contributed by atoms with Gasteiger partial charge in [0.25, 0.3) is 21.8 Å². The first-order valence-corrected chi connectivity index (χ1v) is 30.3. The summed E-state index contributed by atoms with van der Waals surface area (Å²) >= 11 is 23.5. The van der Waals surface area contributed by atoms with Crippen LogP contribution in [0.2, 0.25) is 15.1 Å². The smallest absolute Gasteiger partial charge is 0.389 e. The van der Waals surface area contributed by atoms with Crippen LogP contribution >= 0.6 is 54.0 Å². The fourth-order valence-corrected chi connectivity index (χ4v) is 8.92. The first-order chi connectivity index (χ1) is 37.7. The molecule has 0 fully saturated rings. The van der Waals surface area contributed by atoms with Gasteiger partial charge in [-0.05, 0) is 110 Å². The predicted octanol–water partition coefficient (Wildman–Crippen LogP) is 7.78. The van der Waals surface area contributed by atoms with Crippen LogP contribution in [0.1, 0.15) is 66.3 Å². The number of ether oxygens (including phenoxy) is 3. The lowest BCUT2D eigenvalue weighted by Gasteiger charge is -2.16. The number of rotatable bonds is 16. The molecular weight excluding hydrogens is 1220 g/mol. The molecule has 1 aromatic heterocycles. The number of nitrogens with zero attached hydrogens (tertiary/aromatic N) is 4. The maximum Gasteiger partial charge on any atom is 0.389 e. The first kappa shape index (κ1) is 71.0. The maximum absolute atomic E-state index is 12.7. The number of carbonyl (C=O) groups is 6. The molecule has 0 radical (unpaired) electrons. The molecule has 81 heavy (non-hydrogen) atoms. The lowest BCUT2D eigenvalue weighted by atomic mass is 9.93. The highest BCUT2D eigenvalue weighted by molar-refractivity contribution is 7.94. The summed E-state index contributed by atoms with van der Waals surface area (Å²) < 4.78 is 88.4. The number of esters is 1. The Labute approximate surface area is 486 Å². The Balaban J connectivity index is 0.000000386. The molecule has 6 N–H and O–H groups in total. The summed E-state index contributed by atoms with van der Waals surface area (Å²) in [4.78, 5) is 99.6. The number of hydrogen-bond donors (Lipinski definition) is 6. The number of amides is 4. The van der Waals surface area contributed by atoms with Crippen LogP contribution in [-0.2, 0) is 55.8 Å². The van der Waals surface area contributed by atoms with Gasteiger partial charge < -0.3 is 38.8 Å². The highest BCUT2D eigenvalue weighted by Gasteiger charge is 2.40. The van der Waals surface area contributed by atoms with Crippen LogP contribution in [0.25, 0.3) is 6.08 Å². The summed E-state index contributed by atoms with van der Waals surface area (Å²) in [5, 5.41) is 21.4. The van der Waals surface area contributed by atoms with Crippen molar-refractivity contribution < 1.29 is 89.1 Å². The predicted molar refractivity (Wildman–Crippen MR) is 297 cm³/mol. The number of nitrogens with one attached hydrogen (secondary N) is 3. The number of urea groups is 1. The van der Waals surface area contributed by atoms with Crippen molar-refractivity contribution in [3.8, 4) is 11.8 Å². The number of imide groups is 1. The minimum Gasteiger partial charge on any atom is -0.778 e. The molecule has 3 aromatic carbocycles. The van der Waals surface area contributed by atoms with Crippen molar-refractivity contribution in [3.05, 3.63) is 108 Å². The van der Waals surface area contributed by atoms with Gasteiger partial charge >= 0.3 is 36.1 Å². The molecule has 4 amide bonds. The van der Waals surface area contributed by atoms with Crippen molar-refractivity contribution in [2.45, 2.75) is 63.4 Å². The van der Waals surface area contributed by atoms with Gasteiger partial charge in [-0.2, -0.15) is 28.1 Å². The number of carboxylic acids is 2. The van der Waals surface area contributed by atoms with Gasteiger partial charge in [0, 0.05) is 22.6 Å². The third-order valence-corrected chi connectivity index (χ3v) is 13.0. The quantitative estimate of drug-likeness (QED) is 0.0205. The Morgan fingerprint density at radius 1 is 0.901 bits per heavy atom. The van der Waals surface area contributed by atoms with Gasteiger partial charge in [0.1, 0.15) is 24.0 Å². The summed E-state index contributed by atoms with van der Waals surface area (Å²) in [5.41, 5.74) is 1.86. The van der Waals surface area contributed by atoms with E-state index >= 15 is 0 Å². The van der Waals surface area contributed by atoms with E-state index in [1.807, 2.05) is 5.32 Å². The number of aryl methyl sites for hydroxylation is 2. The van der Waals surface area contributed by atoms with E-state index in [9.17, 15) is 59.8 Å². The molecule has 0 saturated carbocycles. The van der Waals surface area contributed by atoms with Crippen molar-refractivity contribution >= 4 is 128 Å². The number of sulfonamides is 1. The van der Waals surface area contributed by atoms with Crippen LogP contribution in [0.4, 0.5) is 29.6 Å². The van der Waals surface area contributed by atoms with E-state index in [1.54, 1.807) is 29.8 Å². The van der Waals surface area contributed by atoms with Gasteiger partial charge in [-0.1, -0.05) is 64.6 Å². The molecule has 1 aliphatic heterocycles. The van der Waals surface area contributed by atoms with Crippen LogP contribution in [0.15, 0.2) is 75.7 Å². The SMILES string of the molecule is CCOC(=O)/C(Cl)=C/c1cc(N2C(=O)C3=C(CCCC3)C2=O)ccc1Cl.COc1c(Cl)ccc(Cl)c1C(=O)O.COc1nc(C)nc(NC(=O)NS(=O)(=O)c2ccccc2CCC(F)(F)F)n1.C[S+](C)C.O=C(O)CNCP(=O)([O-])O. The van der Waals surface area contributed by atoms with Gasteiger partial charge in [0.05, 0.1) is 73.1 Å². The molecule has 1 unspecified atom stereocenters. The van der Waals surface area contributed by atoms with Crippen LogP contribution in [0.3, 0.4) is 0 Å². The van der Waals surface area contributed by atoms with E-state index in [1.165, 1.54) is 62.5 Å². The number of benzene rings is 3. The number of aliphatic carboxylic acids is 1. The van der Waals surface area contributed by atoms with Gasteiger partial charge in [-0.25, -0.2) is 32.4 Å². The fourth-order valence-electron chi connectivity index (χ4n) is 6.54. The van der Waals surface area contributed by atoms with E-state index in [2.05, 4.69) is 39.0 Å². The van der Waals surface area contributed by atoms with Crippen LogP contribution in [0.5, 0.6) is 11.8 Å². The Kier molecular flexibility index (Phi) is 29.1. The molecule has 2 aliphatic rings. The Morgan fingerprint density at radius 3 is 1.98 bits per heavy atom. The minimum atomic E-state index is -4.45. The van der Waals surface area contributed by atoms with Gasteiger partial charge in [0.2, 0.25) is 5.95 Å². The molecule has 1 aliphatic carbocycles. The number of hydrogen-bond acceptors (Lipinski definition) is 17. The van der Waals surface area contributed by atoms with Crippen molar-refractivity contribution in [2.24, 2.45) is 0 Å². The number of alkyl halides is 3. The summed E-state index contributed by atoms with van der Waals surface area (Å²) in [6.07, 6.45) is 4.13. The van der Waals surface area contributed by atoms with Gasteiger partial charge in [-0.15, -0.1) is 0 Å². The lowest BCUT2D eigenvalue weighted by Crippen LogP contribution is -2.35. The van der Waals surface area contributed by atoms with Crippen LogP contribution in [-0.4, -0.2) is 133 Å². The lowest BCUT2D eigenvalue weighted by molar-refractivity contribution is -0.193. The zero-order chi connectivity index (χ0) is 61.6. The number of carbonyl (C=O) groups excluding carboxylic acids is 4. The van der Waals surface area contributed by atoms with Crippen LogP contribution in [0, 0.1) is 6.92 Å². The molecule has 6 rings (SSSR count). The van der Waals surface area contributed by atoms with E-state index in [0.29, 0.717) is 51.2 Å². The Hall–Kier alpha value is -6.07. The topological polar surface area (TPSA) is 343 Å². The number of anilines is 2. The molecule has 444 valence electrons. The standard InChI is InChI=1S/C19H17Cl2NO4.C15H16F3N5O4S.C8H6Cl2O3.C3H8NO5P.C3H9S/c1-2-26-19(25)16(21)10-11-9-12(7-8-15(11)20)22-17(23)13-5-3-4-6-14(13)18(22)24;1-9-19-12(22-14(20-9)27-2)21-13(24)23-28(25,26)11-6-4-3-5-10(11)7-8-15(16,17)18;1-13-7-5(10)3-2-4(9)6(7)8(11)12;5-3(6)1-4-2-10(7,8)9;1-4(2)3/h7-10H,2-6H2,1H3;3-6H,7-8H2,1-2H3,(H2,19,20,21,22,23,24);2-3H,1H3,(H,11,12);4H,1-2H2,(H,5,6)(H2,7,8,9);1-3H3/q;;;;+1/p-1/b16-10-;;;;. The number of aromatic carboxylic acids is 1. The summed E-state index contributed by atoms with van der Waals surface area (Å²) in [6.45, 7) is 2.90. The average Bonchev–Trinajstić information content (AvgIpc) is 3.64. The van der Waals surface area contributed by atoms with Gasteiger partial charge in [0.15, 0.2) is 5.75 Å². The third kappa shape index (κ3) is 24.5. The molecular formula is C48H55Cl4F3N7O16PS2. The molecule has 1 atom stereocenters. The average molecular weight is 1280 g/mol. The van der Waals surface area contributed by atoms with E-state index in [4.69, 9.17) is 75.7 Å². The Bertz CT molecular complexity index is 3120. The fraction of sp³-hybridized carbons (Fsp3) is 0.354. The van der Waals surface area contributed by atoms with E-state index in [-0.39, 0.29) is 68.2 Å². The summed E-state index contributed by atoms with van der Waals surface area (Å²) in [5.74, 6) is -3.53. The van der Waals surface area contributed by atoms with Gasteiger partial charge in [-0.3, -0.25) is 25.0 Å². The van der Waals surface area contributed by atoms with E-state index in [0.717, 1.165) is 18.9 Å². The summed E-state index contributed by atoms with van der Waals surface area (Å²) in [7, 11) is -5.51. The number of methoxy groups -OCH3 is 2. The van der Waals surface area contributed by atoms with Crippen molar-refractivity contribution in [1.29, 1.82) is 0 Å². The highest BCUT2D eigenvalue weighted by atomic mass is 35.5. The van der Waals surface area contributed by atoms with Crippen LogP contribution < -0.4 is 34.6 Å². The van der Waals surface area contributed by atoms with Crippen molar-refractivity contribution in [2.75, 3.05) is 62.6 Å². The largest absolute Gasteiger partial charge is 0.778 e. The summed E-state index contributed by atoms with van der Waals surface area (Å²) in [6, 6.07) is 11.4. The first-order valence-electron chi connectivity index (χ1n) is 23.1. The zero-order valence-corrected chi connectivity index (χ0v) is 49.5. The molecule has 23 nitrogen and oxygen atoms in total. The molecule has 33 heteroatoms.